The standard InChI is InChI=1S/C31H28Cl2N2O5S/c1-3-41(2)22-6-4-5-18(13-22)14-25(31(38)39)34-29(36)27-24(32)15-21-17-35(11-9-23(21)28(27)33)30(37)20-8-7-19-10-12-40-26(19)16-20/h3-8,10,12-13,15-16,25H,9,11,14,17H2,1-2H3,(H,34,36)(H,38,39)/t25-,41?/m0/s1. The number of carboxylic acid groups (broad SMARTS) is 1. The minimum absolute atomic E-state index is 0.0332. The molecule has 10 heteroatoms. The van der Waals surface area contributed by atoms with Gasteiger partial charge < -0.3 is 19.7 Å². The van der Waals surface area contributed by atoms with E-state index in [1.807, 2.05) is 43.3 Å². The van der Waals surface area contributed by atoms with Crippen molar-refractivity contribution in [3.8, 4) is 0 Å². The molecule has 2 N–H and O–H groups in total. The van der Waals surface area contributed by atoms with Gasteiger partial charge >= 0.3 is 5.97 Å². The lowest BCUT2D eigenvalue weighted by molar-refractivity contribution is -0.139. The Hall–Kier alpha value is -3.59. The third-order valence-electron chi connectivity index (χ3n) is 7.29. The van der Waals surface area contributed by atoms with Crippen molar-refractivity contribution >= 4 is 67.8 Å². The van der Waals surface area contributed by atoms with Crippen LogP contribution in [-0.4, -0.2) is 52.0 Å². The molecule has 0 bridgehead atoms. The third-order valence-corrected chi connectivity index (χ3v) is 9.71. The molecule has 0 fully saturated rings. The van der Waals surface area contributed by atoms with Crippen molar-refractivity contribution in [2.24, 2.45) is 0 Å². The Bertz CT molecular complexity index is 1710. The van der Waals surface area contributed by atoms with E-state index in [-0.39, 0.29) is 45.0 Å². The summed E-state index contributed by atoms with van der Waals surface area (Å²) in [7, 11) is -0.0685. The van der Waals surface area contributed by atoms with E-state index in [2.05, 4.69) is 16.9 Å². The van der Waals surface area contributed by atoms with E-state index in [0.29, 0.717) is 24.1 Å². The lowest BCUT2D eigenvalue weighted by Crippen LogP contribution is -2.42. The molecule has 5 rings (SSSR count). The zero-order valence-corrected chi connectivity index (χ0v) is 24.8. The van der Waals surface area contributed by atoms with Crippen molar-refractivity contribution in [1.29, 1.82) is 0 Å². The Morgan fingerprint density at radius 2 is 1.95 bits per heavy atom. The van der Waals surface area contributed by atoms with Gasteiger partial charge in [-0.15, -0.1) is 0 Å². The highest BCUT2D eigenvalue weighted by molar-refractivity contribution is 8.14. The predicted octanol–water partition coefficient (Wildman–Crippen LogP) is 6.44. The number of benzene rings is 3. The van der Waals surface area contributed by atoms with Gasteiger partial charge in [0, 0.05) is 35.4 Å². The Labute approximate surface area is 250 Å². The average molecular weight is 612 g/mol. The number of rotatable bonds is 7. The van der Waals surface area contributed by atoms with E-state index in [1.165, 1.54) is 0 Å². The first kappa shape index (κ1) is 28.9. The molecule has 0 radical (unpaired) electrons. The number of fused-ring (bicyclic) bond motifs is 2. The summed E-state index contributed by atoms with van der Waals surface area (Å²) in [6, 6.07) is 15.3. The highest BCUT2D eigenvalue weighted by atomic mass is 35.5. The van der Waals surface area contributed by atoms with Gasteiger partial charge in [-0.05, 0) is 72.7 Å². The molecule has 1 unspecified atom stereocenters. The Kier molecular flexibility index (Phi) is 8.54. The number of aliphatic carboxylic acids is 1. The predicted molar refractivity (Wildman–Crippen MR) is 164 cm³/mol. The molecule has 3 aromatic carbocycles. The van der Waals surface area contributed by atoms with Gasteiger partial charge in [-0.3, -0.25) is 9.59 Å². The first-order valence-corrected chi connectivity index (χ1v) is 15.4. The Morgan fingerprint density at radius 1 is 1.15 bits per heavy atom. The molecule has 2 heterocycles. The molecule has 0 saturated heterocycles. The maximum Gasteiger partial charge on any atom is 0.326 e. The maximum absolute atomic E-state index is 13.3. The number of carbonyl (C=O) groups excluding carboxylic acids is 2. The van der Waals surface area contributed by atoms with Gasteiger partial charge in [0.05, 0.1) is 21.9 Å². The number of furan rings is 1. The average Bonchev–Trinajstić information content (AvgIpc) is 3.44. The quantitative estimate of drug-likeness (QED) is 0.234. The lowest BCUT2D eigenvalue weighted by atomic mass is 9.95. The van der Waals surface area contributed by atoms with Crippen LogP contribution in [0, 0.1) is 0 Å². The smallest absolute Gasteiger partial charge is 0.326 e. The van der Waals surface area contributed by atoms with Gasteiger partial charge in [0.1, 0.15) is 11.6 Å². The van der Waals surface area contributed by atoms with Gasteiger partial charge in [-0.2, -0.15) is 10.5 Å². The molecule has 212 valence electrons. The second-order valence-electron chi connectivity index (χ2n) is 9.84. The topological polar surface area (TPSA) is 99.9 Å². The van der Waals surface area contributed by atoms with Crippen molar-refractivity contribution in [3.05, 3.63) is 98.7 Å². The number of carboxylic acids is 1. The molecule has 0 spiro atoms. The summed E-state index contributed by atoms with van der Waals surface area (Å²) in [5.74, 6) is -1.97. The Balaban J connectivity index is 1.34. The molecule has 1 aliphatic rings. The summed E-state index contributed by atoms with van der Waals surface area (Å²) in [6.45, 7) is 2.65. The normalized spacial score (nSPS) is 14.5. The molecule has 4 aromatic rings. The van der Waals surface area contributed by atoms with Crippen LogP contribution in [0.5, 0.6) is 0 Å². The summed E-state index contributed by atoms with van der Waals surface area (Å²) in [6.07, 6.45) is 4.20. The SMILES string of the molecule is C/C=S(\C)c1cccc(C[C@H](NC(=O)c2c(Cl)cc3c(c2Cl)CCN(C(=O)c2ccc4ccoc4c2)C3)C(=O)O)c1. The number of nitrogens with zero attached hydrogens (tertiary/aromatic N) is 1. The molecule has 1 aromatic heterocycles. The summed E-state index contributed by atoms with van der Waals surface area (Å²) in [5, 5.41) is 15.8. The summed E-state index contributed by atoms with van der Waals surface area (Å²) < 4.78 is 5.43. The van der Waals surface area contributed by atoms with Gasteiger partial charge in [0.2, 0.25) is 0 Å². The molecule has 1 aliphatic heterocycles. The highest BCUT2D eigenvalue weighted by Gasteiger charge is 2.30. The van der Waals surface area contributed by atoms with E-state index >= 15 is 0 Å². The fraction of sp³-hybridized carbons (Fsp3) is 0.226. The third kappa shape index (κ3) is 6.05. The monoisotopic (exact) mass is 610 g/mol. The van der Waals surface area contributed by atoms with Crippen LogP contribution in [0.25, 0.3) is 11.0 Å². The van der Waals surface area contributed by atoms with E-state index in [0.717, 1.165) is 27.0 Å². The maximum atomic E-state index is 13.3. The molecule has 0 saturated carbocycles. The minimum atomic E-state index is -1.18. The van der Waals surface area contributed by atoms with Crippen LogP contribution in [0.2, 0.25) is 10.0 Å². The van der Waals surface area contributed by atoms with E-state index in [9.17, 15) is 19.5 Å². The molecular formula is C31H28Cl2N2O5S. The number of amides is 2. The minimum Gasteiger partial charge on any atom is -0.480 e. The van der Waals surface area contributed by atoms with Crippen LogP contribution < -0.4 is 5.32 Å². The summed E-state index contributed by atoms with van der Waals surface area (Å²) in [5.41, 5.74) is 3.44. The van der Waals surface area contributed by atoms with Gasteiger partial charge in [-0.1, -0.05) is 46.8 Å². The number of nitrogens with one attached hydrogen (secondary N) is 1. The zero-order chi connectivity index (χ0) is 29.3. The van der Waals surface area contributed by atoms with Crippen molar-refractivity contribution in [1.82, 2.24) is 10.2 Å². The summed E-state index contributed by atoms with van der Waals surface area (Å²) in [4.78, 5) is 41.4. The van der Waals surface area contributed by atoms with E-state index in [4.69, 9.17) is 27.6 Å². The van der Waals surface area contributed by atoms with Crippen LogP contribution in [0.1, 0.15) is 44.3 Å². The highest BCUT2D eigenvalue weighted by Crippen LogP contribution is 2.35. The largest absolute Gasteiger partial charge is 0.480 e. The molecule has 41 heavy (non-hydrogen) atoms. The fourth-order valence-electron chi connectivity index (χ4n) is 4.98. The van der Waals surface area contributed by atoms with Crippen LogP contribution in [0.4, 0.5) is 0 Å². The summed E-state index contributed by atoms with van der Waals surface area (Å²) >= 11 is 13.2. The van der Waals surface area contributed by atoms with E-state index < -0.39 is 17.9 Å². The van der Waals surface area contributed by atoms with Crippen molar-refractivity contribution in [2.75, 3.05) is 12.8 Å². The van der Waals surface area contributed by atoms with E-state index in [1.54, 1.807) is 29.4 Å². The number of hydrogen-bond acceptors (Lipinski definition) is 4. The van der Waals surface area contributed by atoms with Crippen molar-refractivity contribution < 1.29 is 23.9 Å². The molecule has 7 nitrogen and oxygen atoms in total. The van der Waals surface area contributed by atoms with Crippen LogP contribution in [0.3, 0.4) is 0 Å². The van der Waals surface area contributed by atoms with Gasteiger partial charge in [-0.25, -0.2) is 4.79 Å². The molecule has 0 aliphatic carbocycles. The van der Waals surface area contributed by atoms with Crippen molar-refractivity contribution in [3.63, 3.8) is 0 Å². The number of hydrogen-bond donors (Lipinski definition) is 2. The second kappa shape index (κ2) is 12.1. The van der Waals surface area contributed by atoms with Crippen molar-refractivity contribution in [2.45, 2.75) is 37.2 Å². The number of halogens is 2. The molecule has 2 amide bonds. The first-order chi connectivity index (χ1) is 19.7. The van der Waals surface area contributed by atoms with Gasteiger partial charge in [0.25, 0.3) is 11.8 Å². The van der Waals surface area contributed by atoms with Crippen LogP contribution >= 0.6 is 33.7 Å². The van der Waals surface area contributed by atoms with Gasteiger partial charge in [0.15, 0.2) is 0 Å². The fourth-order valence-corrected chi connectivity index (χ4v) is 6.65. The lowest BCUT2D eigenvalue weighted by Gasteiger charge is -2.30. The van der Waals surface area contributed by atoms with Crippen LogP contribution in [0.15, 0.2) is 70.2 Å². The number of carbonyl (C=O) groups is 3. The van der Waals surface area contributed by atoms with Crippen LogP contribution in [-0.2, 0) is 24.2 Å². The zero-order valence-electron chi connectivity index (χ0n) is 22.4. The first-order valence-electron chi connectivity index (χ1n) is 13.0. The second-order valence-corrected chi connectivity index (χ2v) is 12.7. The molecule has 2 atom stereocenters. The Morgan fingerprint density at radius 3 is 2.71 bits per heavy atom. The molecular weight excluding hydrogens is 583 g/mol.